The zero-order valence-corrected chi connectivity index (χ0v) is 14.5. The van der Waals surface area contributed by atoms with Crippen molar-refractivity contribution < 1.29 is 22.4 Å². The Kier molecular flexibility index (Phi) is 5.33. The lowest BCUT2D eigenvalue weighted by atomic mass is 10.1. The summed E-state index contributed by atoms with van der Waals surface area (Å²) in [5.74, 6) is 0.0251. The highest BCUT2D eigenvalue weighted by Crippen LogP contribution is 2.31. The average Bonchev–Trinajstić information content (AvgIpc) is 3.09. The van der Waals surface area contributed by atoms with Gasteiger partial charge >= 0.3 is 6.18 Å². The minimum atomic E-state index is -4.41. The molecular weight excluding hydrogens is 389 g/mol. The summed E-state index contributed by atoms with van der Waals surface area (Å²) in [5.41, 5.74) is 0.106. The minimum Gasteiger partial charge on any atom is -0.411 e. The molecule has 0 amide bonds. The van der Waals surface area contributed by atoms with Gasteiger partial charge in [0.1, 0.15) is 0 Å². The van der Waals surface area contributed by atoms with Gasteiger partial charge in [-0.2, -0.15) is 13.2 Å². The SMILES string of the molecule is O=C(CSc1nnc(-c2ccc(C(F)(F)F)cc2)o1)c1ccc(Cl)cc1. The van der Waals surface area contributed by atoms with Crippen LogP contribution in [0, 0.1) is 0 Å². The van der Waals surface area contributed by atoms with Crippen molar-refractivity contribution in [3.8, 4) is 11.5 Å². The van der Waals surface area contributed by atoms with Crippen molar-refractivity contribution in [2.24, 2.45) is 0 Å². The number of nitrogens with zero attached hydrogens (tertiary/aromatic N) is 2. The Morgan fingerprint density at radius 1 is 1.04 bits per heavy atom. The zero-order chi connectivity index (χ0) is 18.7. The fourth-order valence-corrected chi connectivity index (χ4v) is 2.82. The van der Waals surface area contributed by atoms with Crippen LogP contribution in [0.2, 0.25) is 5.02 Å². The smallest absolute Gasteiger partial charge is 0.411 e. The summed E-state index contributed by atoms with van der Waals surface area (Å²) in [4.78, 5) is 12.1. The Morgan fingerprint density at radius 3 is 2.31 bits per heavy atom. The number of thioether (sulfide) groups is 1. The predicted molar refractivity (Wildman–Crippen MR) is 91.2 cm³/mol. The van der Waals surface area contributed by atoms with Crippen molar-refractivity contribution >= 4 is 29.1 Å². The summed E-state index contributed by atoms with van der Waals surface area (Å²) in [6, 6.07) is 10.9. The topological polar surface area (TPSA) is 56.0 Å². The highest BCUT2D eigenvalue weighted by molar-refractivity contribution is 7.99. The summed E-state index contributed by atoms with van der Waals surface area (Å²) in [6.07, 6.45) is -4.41. The van der Waals surface area contributed by atoms with Crippen LogP contribution < -0.4 is 0 Å². The first-order valence-corrected chi connectivity index (χ1v) is 8.62. The van der Waals surface area contributed by atoms with Gasteiger partial charge in [0.05, 0.1) is 11.3 Å². The molecule has 0 saturated carbocycles. The first-order chi connectivity index (χ1) is 12.3. The van der Waals surface area contributed by atoms with E-state index in [1.807, 2.05) is 0 Å². The summed E-state index contributed by atoms with van der Waals surface area (Å²) < 4.78 is 43.1. The van der Waals surface area contributed by atoms with Crippen molar-refractivity contribution in [1.82, 2.24) is 10.2 Å². The van der Waals surface area contributed by atoms with Crippen LogP contribution in [0.25, 0.3) is 11.5 Å². The highest BCUT2D eigenvalue weighted by atomic mass is 35.5. The molecule has 0 unspecified atom stereocenters. The third kappa shape index (κ3) is 4.44. The summed E-state index contributed by atoms with van der Waals surface area (Å²) in [6.45, 7) is 0. The lowest BCUT2D eigenvalue weighted by molar-refractivity contribution is -0.137. The maximum Gasteiger partial charge on any atom is 0.416 e. The molecule has 0 aliphatic heterocycles. The largest absolute Gasteiger partial charge is 0.416 e. The Hall–Kier alpha value is -2.32. The molecule has 3 aromatic rings. The van der Waals surface area contributed by atoms with Gasteiger partial charge in [-0.3, -0.25) is 4.79 Å². The molecule has 0 N–H and O–H groups in total. The molecule has 0 spiro atoms. The van der Waals surface area contributed by atoms with Gasteiger partial charge < -0.3 is 4.42 Å². The van der Waals surface area contributed by atoms with E-state index in [4.69, 9.17) is 16.0 Å². The molecule has 3 rings (SSSR count). The average molecular weight is 399 g/mol. The molecule has 0 bridgehead atoms. The number of rotatable bonds is 5. The first-order valence-electron chi connectivity index (χ1n) is 7.25. The first kappa shape index (κ1) is 18.5. The molecule has 0 saturated heterocycles. The molecule has 1 aromatic heterocycles. The van der Waals surface area contributed by atoms with E-state index in [1.165, 1.54) is 12.1 Å². The Bertz CT molecular complexity index is 909. The lowest BCUT2D eigenvalue weighted by Gasteiger charge is -2.05. The summed E-state index contributed by atoms with van der Waals surface area (Å²) in [5, 5.41) is 8.28. The molecule has 4 nitrogen and oxygen atoms in total. The van der Waals surface area contributed by atoms with Gasteiger partial charge in [-0.15, -0.1) is 10.2 Å². The zero-order valence-electron chi connectivity index (χ0n) is 13.0. The van der Waals surface area contributed by atoms with Gasteiger partial charge in [0, 0.05) is 16.1 Å². The van der Waals surface area contributed by atoms with Crippen LogP contribution in [0.5, 0.6) is 0 Å². The normalized spacial score (nSPS) is 11.5. The van der Waals surface area contributed by atoms with E-state index >= 15 is 0 Å². The van der Waals surface area contributed by atoms with Crippen LogP contribution in [0.1, 0.15) is 15.9 Å². The Morgan fingerprint density at radius 2 is 1.69 bits per heavy atom. The summed E-state index contributed by atoms with van der Waals surface area (Å²) >= 11 is 6.82. The molecule has 0 aliphatic carbocycles. The molecule has 2 aromatic carbocycles. The number of hydrogen-bond acceptors (Lipinski definition) is 5. The van der Waals surface area contributed by atoms with Crippen LogP contribution in [0.4, 0.5) is 13.2 Å². The molecule has 0 atom stereocenters. The standard InChI is InChI=1S/C17H10ClF3N2O2S/c18-13-7-3-10(4-8-13)14(24)9-26-16-23-22-15(25-16)11-1-5-12(6-2-11)17(19,20)21/h1-8H,9H2. The quantitative estimate of drug-likeness (QED) is 0.426. The number of alkyl halides is 3. The van der Waals surface area contributed by atoms with Gasteiger partial charge in [0.2, 0.25) is 5.89 Å². The minimum absolute atomic E-state index is 0.0796. The molecule has 0 radical (unpaired) electrons. The van der Waals surface area contributed by atoms with Gasteiger partial charge in [-0.05, 0) is 48.5 Å². The molecule has 0 aliphatic rings. The van der Waals surface area contributed by atoms with Gasteiger partial charge in [-0.25, -0.2) is 0 Å². The second-order valence-corrected chi connectivity index (χ2v) is 6.53. The number of benzene rings is 2. The van der Waals surface area contributed by atoms with Gasteiger partial charge in [0.15, 0.2) is 5.78 Å². The van der Waals surface area contributed by atoms with Gasteiger partial charge in [-0.1, -0.05) is 23.4 Å². The van der Waals surface area contributed by atoms with Crippen LogP contribution in [0.3, 0.4) is 0 Å². The maximum absolute atomic E-state index is 12.6. The van der Waals surface area contributed by atoms with E-state index in [9.17, 15) is 18.0 Å². The van der Waals surface area contributed by atoms with Crippen molar-refractivity contribution in [2.75, 3.05) is 5.75 Å². The van der Waals surface area contributed by atoms with E-state index in [0.29, 0.717) is 16.1 Å². The van der Waals surface area contributed by atoms with Gasteiger partial charge in [0.25, 0.3) is 5.22 Å². The highest BCUT2D eigenvalue weighted by Gasteiger charge is 2.30. The molecule has 9 heteroatoms. The number of aromatic nitrogens is 2. The third-order valence-corrected chi connectivity index (χ3v) is 4.43. The number of carbonyl (C=O) groups is 1. The molecule has 134 valence electrons. The van der Waals surface area contributed by atoms with Crippen LogP contribution >= 0.6 is 23.4 Å². The van der Waals surface area contributed by atoms with E-state index in [-0.39, 0.29) is 22.6 Å². The Labute approximate surface area is 155 Å². The molecule has 26 heavy (non-hydrogen) atoms. The van der Waals surface area contributed by atoms with E-state index in [1.54, 1.807) is 24.3 Å². The van der Waals surface area contributed by atoms with E-state index in [0.717, 1.165) is 23.9 Å². The second kappa shape index (κ2) is 7.51. The molecule has 0 fully saturated rings. The Balaban J connectivity index is 1.64. The van der Waals surface area contributed by atoms with Crippen LogP contribution in [-0.2, 0) is 6.18 Å². The van der Waals surface area contributed by atoms with Crippen molar-refractivity contribution in [1.29, 1.82) is 0 Å². The fraction of sp³-hybridized carbons (Fsp3) is 0.118. The van der Waals surface area contributed by atoms with Crippen molar-refractivity contribution in [3.63, 3.8) is 0 Å². The lowest BCUT2D eigenvalue weighted by Crippen LogP contribution is -2.03. The van der Waals surface area contributed by atoms with Crippen molar-refractivity contribution in [2.45, 2.75) is 11.4 Å². The predicted octanol–water partition coefficient (Wildman–Crippen LogP) is 5.38. The fourth-order valence-electron chi connectivity index (χ4n) is 2.03. The molecule has 1 heterocycles. The number of halogens is 4. The second-order valence-electron chi connectivity index (χ2n) is 5.17. The molecular formula is C17H10ClF3N2O2S. The number of carbonyl (C=O) groups excluding carboxylic acids is 1. The monoisotopic (exact) mass is 398 g/mol. The van der Waals surface area contributed by atoms with E-state index < -0.39 is 11.7 Å². The summed E-state index contributed by atoms with van der Waals surface area (Å²) in [7, 11) is 0. The van der Waals surface area contributed by atoms with Crippen LogP contribution in [0.15, 0.2) is 58.2 Å². The van der Waals surface area contributed by atoms with E-state index in [2.05, 4.69) is 10.2 Å². The number of hydrogen-bond donors (Lipinski definition) is 0. The number of Topliss-reactive ketones (excluding diaryl/α,β-unsaturated/α-hetero) is 1. The van der Waals surface area contributed by atoms with Crippen molar-refractivity contribution in [3.05, 3.63) is 64.7 Å². The van der Waals surface area contributed by atoms with Crippen LogP contribution in [-0.4, -0.2) is 21.7 Å². The maximum atomic E-state index is 12.6. The number of ketones is 1. The third-order valence-electron chi connectivity index (χ3n) is 3.36.